The predicted molar refractivity (Wildman–Crippen MR) is 125 cm³/mol. The summed E-state index contributed by atoms with van der Waals surface area (Å²) in [6, 6.07) is 0. The zero-order chi connectivity index (χ0) is 23.1. The van der Waals surface area contributed by atoms with Gasteiger partial charge < -0.3 is 19.8 Å². The van der Waals surface area contributed by atoms with E-state index < -0.39 is 0 Å². The maximum Gasteiger partial charge on any atom is 1.00 e. The molecule has 0 radical (unpaired) electrons. The monoisotopic (exact) mass is 412 g/mol. The molecule has 0 rings (SSSR count). The molecule has 0 amide bonds. The van der Waals surface area contributed by atoms with Crippen molar-refractivity contribution in [2.45, 2.75) is 105 Å². The number of hydrogen-bond acceptors (Lipinski definition) is 0. The van der Waals surface area contributed by atoms with Crippen LogP contribution in [-0.2, 0) is 0 Å². The van der Waals surface area contributed by atoms with E-state index in [1.807, 2.05) is 38.0 Å². The van der Waals surface area contributed by atoms with Crippen LogP contribution in [0.4, 0.5) is 0 Å². The molecule has 0 aromatic carbocycles. The first kappa shape index (κ1) is 37.1. The third-order valence-electron chi connectivity index (χ3n) is 2.70. The van der Waals surface area contributed by atoms with Gasteiger partial charge in [0.25, 0.3) is 0 Å². The van der Waals surface area contributed by atoms with Gasteiger partial charge in [0.05, 0.1) is 11.1 Å². The fraction of sp³-hybridized carbons (Fsp3) is 0.909. The molecule has 0 saturated carbocycles. The molecule has 0 unspecified atom stereocenters. The van der Waals surface area contributed by atoms with Gasteiger partial charge in [0.15, 0.2) is 11.9 Å². The number of guanidine groups is 2. The first-order chi connectivity index (χ1) is 12.0. The second-order valence-corrected chi connectivity index (χ2v) is 11.8. The summed E-state index contributed by atoms with van der Waals surface area (Å²) in [6.07, 6.45) is 0. The molecule has 2 N–H and O–H groups in total. The summed E-state index contributed by atoms with van der Waals surface area (Å²) in [5, 5.41) is 9.25. The average Bonchev–Trinajstić information content (AvgIpc) is 2.30. The van der Waals surface area contributed by atoms with Crippen LogP contribution < -0.4 is 47.7 Å². The summed E-state index contributed by atoms with van der Waals surface area (Å²) in [4.78, 5) is 10.8. The molecule has 0 aliphatic rings. The minimum Gasteiger partial charge on any atom is -0.352 e. The van der Waals surface area contributed by atoms with Crippen molar-refractivity contribution in [3.05, 3.63) is 10.6 Å². The Kier molecular flexibility index (Phi) is 17.3. The molecule has 0 atom stereocenters. The van der Waals surface area contributed by atoms with Gasteiger partial charge in [-0.05, 0) is 83.1 Å². The van der Waals surface area contributed by atoms with Crippen molar-refractivity contribution in [1.29, 1.82) is 0 Å². The van der Waals surface area contributed by atoms with Crippen molar-refractivity contribution in [2.75, 3.05) is 28.2 Å². The van der Waals surface area contributed by atoms with Crippen LogP contribution in [0, 0.1) is 0 Å². The number of nitrogens with one attached hydrogen (secondary N) is 2. The molecule has 168 valence electrons. The summed E-state index contributed by atoms with van der Waals surface area (Å²) >= 11 is 0. The van der Waals surface area contributed by atoms with Crippen molar-refractivity contribution < 1.29 is 47.7 Å². The molecule has 0 fully saturated rings. The largest absolute Gasteiger partial charge is 1.00 e. The van der Waals surface area contributed by atoms with E-state index in [4.69, 9.17) is 0 Å². The molecule has 8 heteroatoms. The number of nitrogens with zero attached hydrogens (tertiary/aromatic N) is 4. The molecular formula is C22H50Li2N6+2. The molecule has 0 saturated heterocycles. The Morgan fingerprint density at radius 2 is 0.700 bits per heavy atom. The van der Waals surface area contributed by atoms with E-state index in [9.17, 15) is 0 Å². The molecule has 0 aromatic heterocycles. The molecule has 0 aliphatic heterocycles. The molecule has 30 heavy (non-hydrogen) atoms. The first-order valence-electron chi connectivity index (χ1n) is 10.1. The predicted octanol–water partition coefficient (Wildman–Crippen LogP) is -4.08. The molecule has 0 aromatic rings. The van der Waals surface area contributed by atoms with Gasteiger partial charge >= 0.3 is 37.7 Å². The van der Waals surface area contributed by atoms with E-state index >= 15 is 0 Å². The van der Waals surface area contributed by atoms with Crippen LogP contribution >= 0.6 is 0 Å². The number of rotatable bonds is 0. The fourth-order valence-electron chi connectivity index (χ4n) is 1.79. The van der Waals surface area contributed by atoms with E-state index in [-0.39, 0.29) is 59.9 Å². The third-order valence-corrected chi connectivity index (χ3v) is 2.70. The van der Waals surface area contributed by atoms with Crippen LogP contribution in [0.25, 0.3) is 10.6 Å². The Labute approximate surface area is 212 Å². The normalized spacial score (nSPS) is 13.2. The van der Waals surface area contributed by atoms with Gasteiger partial charge in [0, 0.05) is 39.3 Å². The van der Waals surface area contributed by atoms with E-state index in [1.54, 1.807) is 0 Å². The third kappa shape index (κ3) is 25.8. The summed E-state index contributed by atoms with van der Waals surface area (Å²) < 4.78 is 0. The Morgan fingerprint density at radius 3 is 0.800 bits per heavy atom. The Bertz CT molecular complexity index is 466. The zero-order valence-electron chi connectivity index (χ0n) is 23.8. The summed E-state index contributed by atoms with van der Waals surface area (Å²) in [5.41, 5.74) is 0.0123. The van der Waals surface area contributed by atoms with Gasteiger partial charge in [-0.2, -0.15) is 0 Å². The minimum atomic E-state index is -0.0438. The Morgan fingerprint density at radius 1 is 0.500 bits per heavy atom. The van der Waals surface area contributed by atoms with Gasteiger partial charge in [0.1, 0.15) is 0 Å². The van der Waals surface area contributed by atoms with Crippen LogP contribution in [0.3, 0.4) is 0 Å². The van der Waals surface area contributed by atoms with Crippen molar-refractivity contribution >= 4 is 11.9 Å². The van der Waals surface area contributed by atoms with Crippen LogP contribution in [0.5, 0.6) is 0 Å². The Balaban J connectivity index is -0.000000211. The van der Waals surface area contributed by atoms with Crippen LogP contribution in [0.2, 0.25) is 0 Å². The van der Waals surface area contributed by atoms with Gasteiger partial charge in [-0.25, -0.2) is 10.6 Å². The van der Waals surface area contributed by atoms with Gasteiger partial charge in [0.2, 0.25) is 0 Å². The molecular weight excluding hydrogens is 362 g/mol. The maximum absolute atomic E-state index is 4.63. The SMILES string of the molecule is CN(C)C([N-]C(C)(C)C)=[NH+]C(C)(C)C.CN(C)C([N-]C(C)(C)C)=[NH+]C(C)(C)C.[Li+].[Li+]. The quantitative estimate of drug-likeness (QED) is 0.242. The maximum atomic E-state index is 4.63. The van der Waals surface area contributed by atoms with Crippen molar-refractivity contribution in [1.82, 2.24) is 9.80 Å². The zero-order valence-corrected chi connectivity index (χ0v) is 23.8. The second-order valence-electron chi connectivity index (χ2n) is 11.8. The van der Waals surface area contributed by atoms with Gasteiger partial charge in [-0.15, -0.1) is 0 Å². The van der Waals surface area contributed by atoms with E-state index in [0.29, 0.717) is 0 Å². The van der Waals surface area contributed by atoms with Crippen LogP contribution in [0.1, 0.15) is 83.1 Å². The first-order valence-corrected chi connectivity index (χ1v) is 10.1. The van der Waals surface area contributed by atoms with Crippen molar-refractivity contribution in [2.24, 2.45) is 0 Å². The van der Waals surface area contributed by atoms with E-state index in [1.165, 1.54) is 0 Å². The second kappa shape index (κ2) is 14.0. The van der Waals surface area contributed by atoms with Crippen molar-refractivity contribution in [3.63, 3.8) is 0 Å². The summed E-state index contributed by atoms with van der Waals surface area (Å²) in [7, 11) is 8.01. The van der Waals surface area contributed by atoms with Gasteiger partial charge in [-0.3, -0.25) is 0 Å². The minimum absolute atomic E-state index is 0. The van der Waals surface area contributed by atoms with Crippen molar-refractivity contribution in [3.8, 4) is 0 Å². The molecule has 0 bridgehead atoms. The summed E-state index contributed by atoms with van der Waals surface area (Å²) in [5.74, 6) is 1.87. The van der Waals surface area contributed by atoms with E-state index in [0.717, 1.165) is 11.9 Å². The van der Waals surface area contributed by atoms with E-state index in [2.05, 4.69) is 104 Å². The smallest absolute Gasteiger partial charge is 0.352 e. The fourth-order valence-corrected chi connectivity index (χ4v) is 1.79. The van der Waals surface area contributed by atoms with Crippen LogP contribution in [0.15, 0.2) is 0 Å². The molecule has 6 nitrogen and oxygen atoms in total. The Hall–Kier alpha value is -0.265. The topological polar surface area (TPSA) is 62.6 Å². The molecule has 0 spiro atoms. The standard InChI is InChI=1S/2C11H24N3.2Li/c2*1-10(2,3)12-9(14(7)8)13-11(4,5)6;;/h2*1-8H3;;/q2*-1;2*+1/p+2. The summed E-state index contributed by atoms with van der Waals surface area (Å²) in [6.45, 7) is 25.4. The molecule has 0 heterocycles. The molecule has 0 aliphatic carbocycles. The van der Waals surface area contributed by atoms with Crippen LogP contribution in [-0.4, -0.2) is 72.1 Å². The van der Waals surface area contributed by atoms with Gasteiger partial charge in [-0.1, -0.05) is 0 Å². The average molecular weight is 413 g/mol. The number of hydrogen-bond donors (Lipinski definition) is 2.